The standard InChI is InChI=1S/C14H14BrN3O2S/c1-19-6-8-12(15)13(16)18-14(17-8)10-7-21-11-5-3-2-4-9(11)20-10/h2-5,10H,6-7H2,1H3,(H2,16,17,18). The first-order valence-electron chi connectivity index (χ1n) is 6.38. The van der Waals surface area contributed by atoms with E-state index in [1.54, 1.807) is 18.9 Å². The molecule has 1 unspecified atom stereocenters. The number of benzene rings is 1. The molecule has 0 radical (unpaired) electrons. The van der Waals surface area contributed by atoms with Gasteiger partial charge in [0.15, 0.2) is 11.9 Å². The lowest BCUT2D eigenvalue weighted by Gasteiger charge is -2.25. The van der Waals surface area contributed by atoms with Crippen LogP contribution >= 0.6 is 27.7 Å². The molecule has 0 amide bonds. The fourth-order valence-corrected chi connectivity index (χ4v) is 3.33. The van der Waals surface area contributed by atoms with Crippen molar-refractivity contribution in [2.45, 2.75) is 17.6 Å². The summed E-state index contributed by atoms with van der Waals surface area (Å²) >= 11 is 5.12. The van der Waals surface area contributed by atoms with Crippen LogP contribution < -0.4 is 10.5 Å². The monoisotopic (exact) mass is 367 g/mol. The summed E-state index contributed by atoms with van der Waals surface area (Å²) in [7, 11) is 1.62. The molecule has 110 valence electrons. The van der Waals surface area contributed by atoms with E-state index >= 15 is 0 Å². The fraction of sp³-hybridized carbons (Fsp3) is 0.286. The van der Waals surface area contributed by atoms with Crippen molar-refractivity contribution in [3.8, 4) is 5.75 Å². The molecule has 1 aromatic heterocycles. The van der Waals surface area contributed by atoms with Crippen molar-refractivity contribution in [3.63, 3.8) is 0 Å². The van der Waals surface area contributed by atoms with Gasteiger partial charge in [-0.15, -0.1) is 11.8 Å². The molecule has 7 heteroatoms. The number of hydrogen-bond acceptors (Lipinski definition) is 6. The van der Waals surface area contributed by atoms with Crippen molar-refractivity contribution >= 4 is 33.5 Å². The third-order valence-corrected chi connectivity index (χ3v) is 5.02. The quantitative estimate of drug-likeness (QED) is 0.897. The van der Waals surface area contributed by atoms with E-state index in [-0.39, 0.29) is 6.10 Å². The summed E-state index contributed by atoms with van der Waals surface area (Å²) in [5.41, 5.74) is 6.67. The molecule has 2 heterocycles. The molecule has 3 rings (SSSR count). The molecule has 0 aliphatic carbocycles. The number of aromatic nitrogens is 2. The van der Waals surface area contributed by atoms with Crippen LogP contribution in [0, 0.1) is 0 Å². The van der Waals surface area contributed by atoms with Crippen molar-refractivity contribution in [2.75, 3.05) is 18.6 Å². The zero-order valence-corrected chi connectivity index (χ0v) is 13.8. The first-order chi connectivity index (χ1) is 10.2. The molecule has 0 fully saturated rings. The van der Waals surface area contributed by atoms with Crippen LogP contribution in [0.2, 0.25) is 0 Å². The Bertz CT molecular complexity index is 669. The lowest BCUT2D eigenvalue weighted by atomic mass is 10.3. The third kappa shape index (κ3) is 3.00. The van der Waals surface area contributed by atoms with Gasteiger partial charge in [-0.05, 0) is 28.1 Å². The minimum Gasteiger partial charge on any atom is -0.480 e. The number of para-hydroxylation sites is 1. The van der Waals surface area contributed by atoms with Crippen LogP contribution in [0.5, 0.6) is 5.75 Å². The van der Waals surface area contributed by atoms with Gasteiger partial charge in [-0.3, -0.25) is 0 Å². The number of rotatable bonds is 3. The molecule has 2 aromatic rings. The van der Waals surface area contributed by atoms with Crippen molar-refractivity contribution in [1.82, 2.24) is 9.97 Å². The van der Waals surface area contributed by atoms with E-state index in [9.17, 15) is 0 Å². The summed E-state index contributed by atoms with van der Waals surface area (Å²) in [6, 6.07) is 7.95. The lowest BCUT2D eigenvalue weighted by molar-refractivity contribution is 0.177. The lowest BCUT2D eigenvalue weighted by Crippen LogP contribution is -2.19. The van der Waals surface area contributed by atoms with Crippen LogP contribution in [0.25, 0.3) is 0 Å². The smallest absolute Gasteiger partial charge is 0.172 e. The second kappa shape index (κ2) is 6.21. The summed E-state index contributed by atoms with van der Waals surface area (Å²) < 4.78 is 11.8. The molecule has 0 saturated heterocycles. The summed E-state index contributed by atoms with van der Waals surface area (Å²) in [6.07, 6.45) is -0.212. The van der Waals surface area contributed by atoms with E-state index in [0.29, 0.717) is 22.7 Å². The van der Waals surface area contributed by atoms with Crippen LogP contribution in [0.4, 0.5) is 5.82 Å². The number of methoxy groups -OCH3 is 1. The first-order valence-corrected chi connectivity index (χ1v) is 8.16. The maximum atomic E-state index is 5.99. The summed E-state index contributed by atoms with van der Waals surface area (Å²) in [4.78, 5) is 9.99. The minimum atomic E-state index is -0.212. The van der Waals surface area contributed by atoms with Crippen LogP contribution in [0.3, 0.4) is 0 Å². The van der Waals surface area contributed by atoms with Gasteiger partial charge in [0.05, 0.1) is 16.8 Å². The highest BCUT2D eigenvalue weighted by Gasteiger charge is 2.25. The molecule has 1 aliphatic rings. The Morgan fingerprint density at radius 2 is 2.24 bits per heavy atom. The number of thioether (sulfide) groups is 1. The van der Waals surface area contributed by atoms with Crippen molar-refractivity contribution in [3.05, 3.63) is 40.3 Å². The fourth-order valence-electron chi connectivity index (χ4n) is 2.06. The average Bonchev–Trinajstić information content (AvgIpc) is 2.51. The second-order valence-corrected chi connectivity index (χ2v) is 6.38. The summed E-state index contributed by atoms with van der Waals surface area (Å²) in [5.74, 6) is 2.60. The third-order valence-electron chi connectivity index (χ3n) is 3.04. The summed E-state index contributed by atoms with van der Waals surface area (Å²) in [6.45, 7) is 0.372. The highest BCUT2D eigenvalue weighted by molar-refractivity contribution is 9.10. The van der Waals surface area contributed by atoms with E-state index in [4.69, 9.17) is 15.2 Å². The van der Waals surface area contributed by atoms with Crippen molar-refractivity contribution in [2.24, 2.45) is 0 Å². The minimum absolute atomic E-state index is 0.212. The number of halogens is 1. The highest BCUT2D eigenvalue weighted by Crippen LogP contribution is 2.39. The Hall–Kier alpha value is -1.31. The van der Waals surface area contributed by atoms with Crippen LogP contribution in [0.15, 0.2) is 33.6 Å². The zero-order valence-electron chi connectivity index (χ0n) is 11.4. The van der Waals surface area contributed by atoms with Crippen molar-refractivity contribution in [1.29, 1.82) is 0 Å². The average molecular weight is 368 g/mol. The maximum Gasteiger partial charge on any atom is 0.172 e. The number of ether oxygens (including phenoxy) is 2. The van der Waals surface area contributed by atoms with Gasteiger partial charge >= 0.3 is 0 Å². The molecule has 1 aromatic carbocycles. The maximum absolute atomic E-state index is 5.99. The Kier molecular flexibility index (Phi) is 4.32. The summed E-state index contributed by atoms with van der Waals surface area (Å²) in [5, 5.41) is 0. The van der Waals surface area contributed by atoms with Crippen LogP contribution in [-0.4, -0.2) is 22.8 Å². The van der Waals surface area contributed by atoms with Crippen LogP contribution in [0.1, 0.15) is 17.6 Å². The normalized spacial score (nSPS) is 17.1. The van der Waals surface area contributed by atoms with Gasteiger partial charge in [0.1, 0.15) is 11.6 Å². The van der Waals surface area contributed by atoms with E-state index in [2.05, 4.69) is 25.9 Å². The zero-order chi connectivity index (χ0) is 14.8. The number of nitrogens with zero attached hydrogens (tertiary/aromatic N) is 2. The first kappa shape index (κ1) is 14.6. The Labute approximate surface area is 135 Å². The number of anilines is 1. The Morgan fingerprint density at radius 1 is 1.43 bits per heavy atom. The number of hydrogen-bond donors (Lipinski definition) is 1. The van der Waals surface area contributed by atoms with Crippen LogP contribution in [-0.2, 0) is 11.3 Å². The molecule has 0 bridgehead atoms. The number of nitrogen functional groups attached to an aromatic ring is 1. The van der Waals surface area contributed by atoms with Gasteiger partial charge in [0.25, 0.3) is 0 Å². The van der Waals surface area contributed by atoms with Crippen molar-refractivity contribution < 1.29 is 9.47 Å². The van der Waals surface area contributed by atoms with Gasteiger partial charge < -0.3 is 15.2 Å². The SMILES string of the molecule is COCc1nc(C2CSc3ccccc3O2)nc(N)c1Br. The largest absolute Gasteiger partial charge is 0.480 e. The van der Waals surface area contributed by atoms with Gasteiger partial charge in [-0.2, -0.15) is 0 Å². The Morgan fingerprint density at radius 3 is 3.05 bits per heavy atom. The number of fused-ring (bicyclic) bond motifs is 1. The molecule has 5 nitrogen and oxygen atoms in total. The highest BCUT2D eigenvalue weighted by atomic mass is 79.9. The van der Waals surface area contributed by atoms with E-state index in [0.717, 1.165) is 22.1 Å². The molecular weight excluding hydrogens is 354 g/mol. The molecule has 0 spiro atoms. The van der Waals surface area contributed by atoms with E-state index < -0.39 is 0 Å². The Balaban J connectivity index is 1.91. The molecule has 21 heavy (non-hydrogen) atoms. The molecule has 1 aliphatic heterocycles. The second-order valence-electron chi connectivity index (χ2n) is 4.52. The topological polar surface area (TPSA) is 70.3 Å². The molecule has 2 N–H and O–H groups in total. The van der Waals surface area contributed by atoms with Gasteiger partial charge in [0, 0.05) is 17.8 Å². The van der Waals surface area contributed by atoms with Gasteiger partial charge in [-0.1, -0.05) is 12.1 Å². The molecule has 0 saturated carbocycles. The van der Waals surface area contributed by atoms with Gasteiger partial charge in [0.2, 0.25) is 0 Å². The predicted octanol–water partition coefficient (Wildman–Crippen LogP) is 3.19. The van der Waals surface area contributed by atoms with E-state index in [1.165, 1.54) is 0 Å². The molecule has 1 atom stereocenters. The van der Waals surface area contributed by atoms with E-state index in [1.807, 2.05) is 24.3 Å². The number of nitrogens with two attached hydrogens (primary N) is 1. The predicted molar refractivity (Wildman–Crippen MR) is 85.4 cm³/mol. The van der Waals surface area contributed by atoms with Gasteiger partial charge in [-0.25, -0.2) is 9.97 Å². The molecular formula is C14H14BrN3O2S.